The van der Waals surface area contributed by atoms with Gasteiger partial charge in [0.1, 0.15) is 0 Å². The Morgan fingerprint density at radius 2 is 1.64 bits per heavy atom. The minimum Gasteiger partial charge on any atom is -0.368 e. The number of benzene rings is 1. The summed E-state index contributed by atoms with van der Waals surface area (Å²) in [6.45, 7) is 11.5. The van der Waals surface area contributed by atoms with E-state index in [2.05, 4.69) is 65.0 Å². The van der Waals surface area contributed by atoms with Crippen LogP contribution in [-0.2, 0) is 0 Å². The van der Waals surface area contributed by atoms with E-state index in [1.165, 1.54) is 11.3 Å². The number of anilines is 2. The number of rotatable bonds is 7. The first-order valence-electron chi connectivity index (χ1n) is 10.3. The smallest absolute Gasteiger partial charge is 0.274 e. The van der Waals surface area contributed by atoms with Crippen molar-refractivity contribution in [3.63, 3.8) is 0 Å². The molecule has 1 aliphatic rings. The zero-order chi connectivity index (χ0) is 19.9. The summed E-state index contributed by atoms with van der Waals surface area (Å²) in [4.78, 5) is 19.2. The maximum absolute atomic E-state index is 12.6. The largest absolute Gasteiger partial charge is 0.368 e. The first kappa shape index (κ1) is 20.1. The Bertz CT molecular complexity index is 763. The Kier molecular flexibility index (Phi) is 6.85. The van der Waals surface area contributed by atoms with Crippen LogP contribution < -0.4 is 9.80 Å². The van der Waals surface area contributed by atoms with Gasteiger partial charge in [0.25, 0.3) is 5.91 Å². The number of aryl methyl sites for hydroxylation is 1. The minimum absolute atomic E-state index is 0.0213. The van der Waals surface area contributed by atoms with Crippen molar-refractivity contribution in [1.82, 2.24) is 15.1 Å². The Morgan fingerprint density at radius 1 is 0.964 bits per heavy atom. The maximum Gasteiger partial charge on any atom is 0.274 e. The second kappa shape index (κ2) is 9.53. The molecule has 1 saturated heterocycles. The summed E-state index contributed by atoms with van der Waals surface area (Å²) in [6.07, 6.45) is 1.89. The van der Waals surface area contributed by atoms with Gasteiger partial charge in [-0.15, -0.1) is 10.2 Å². The van der Waals surface area contributed by atoms with E-state index in [4.69, 9.17) is 0 Å². The number of amides is 1. The Morgan fingerprint density at radius 3 is 2.21 bits per heavy atom. The van der Waals surface area contributed by atoms with Gasteiger partial charge < -0.3 is 14.7 Å². The lowest BCUT2D eigenvalue weighted by atomic mass is 10.2. The Hall–Kier alpha value is -2.63. The van der Waals surface area contributed by atoms with Crippen molar-refractivity contribution in [1.29, 1.82) is 0 Å². The fraction of sp³-hybridized carbons (Fsp3) is 0.500. The van der Waals surface area contributed by atoms with Crippen molar-refractivity contribution in [2.45, 2.75) is 33.6 Å². The van der Waals surface area contributed by atoms with Crippen molar-refractivity contribution in [3.05, 3.63) is 47.7 Å². The molecule has 1 aromatic heterocycles. The highest BCUT2D eigenvalue weighted by Gasteiger charge is 2.20. The van der Waals surface area contributed by atoms with Gasteiger partial charge in [0, 0.05) is 45.0 Å². The molecular formula is C22H31N5O. The molecule has 2 heterocycles. The fourth-order valence-corrected chi connectivity index (χ4v) is 3.64. The summed E-state index contributed by atoms with van der Waals surface area (Å²) in [5, 5.41) is 8.58. The number of hydrogen-bond donors (Lipinski definition) is 0. The molecule has 0 unspecified atom stereocenters. The molecule has 150 valence electrons. The number of nitrogens with zero attached hydrogens (tertiary/aromatic N) is 5. The third-order valence-corrected chi connectivity index (χ3v) is 5.11. The van der Waals surface area contributed by atoms with Crippen molar-refractivity contribution in [2.75, 3.05) is 49.1 Å². The average Bonchev–Trinajstić information content (AvgIpc) is 2.73. The van der Waals surface area contributed by atoms with Gasteiger partial charge >= 0.3 is 0 Å². The van der Waals surface area contributed by atoms with Crippen LogP contribution >= 0.6 is 0 Å². The summed E-state index contributed by atoms with van der Waals surface area (Å²) in [5.74, 6) is 0.824. The van der Waals surface area contributed by atoms with Crippen molar-refractivity contribution < 1.29 is 4.79 Å². The lowest BCUT2D eigenvalue weighted by Gasteiger charge is -2.36. The van der Waals surface area contributed by atoms with E-state index in [-0.39, 0.29) is 5.91 Å². The van der Waals surface area contributed by atoms with Crippen LogP contribution in [0.1, 0.15) is 42.7 Å². The van der Waals surface area contributed by atoms with Crippen molar-refractivity contribution in [3.8, 4) is 0 Å². The zero-order valence-electron chi connectivity index (χ0n) is 17.3. The molecule has 6 nitrogen and oxygen atoms in total. The molecule has 1 amide bonds. The van der Waals surface area contributed by atoms with Gasteiger partial charge in [0.05, 0.1) is 0 Å². The molecule has 1 aliphatic heterocycles. The average molecular weight is 382 g/mol. The highest BCUT2D eigenvalue weighted by molar-refractivity contribution is 5.92. The molecule has 1 aromatic carbocycles. The third-order valence-electron chi connectivity index (χ3n) is 5.11. The van der Waals surface area contributed by atoms with Crippen LogP contribution in [0.25, 0.3) is 0 Å². The zero-order valence-corrected chi connectivity index (χ0v) is 17.3. The molecule has 0 radical (unpaired) electrons. The number of piperazine rings is 1. The number of carbonyl (C=O) groups is 1. The normalized spacial score (nSPS) is 14.2. The third kappa shape index (κ3) is 4.80. The number of aromatic nitrogens is 2. The van der Waals surface area contributed by atoms with E-state index in [1.807, 2.05) is 17.0 Å². The molecule has 0 saturated carbocycles. The summed E-state index contributed by atoms with van der Waals surface area (Å²) < 4.78 is 0. The number of carbonyl (C=O) groups excluding carboxylic acids is 1. The minimum atomic E-state index is -0.0213. The molecular weight excluding hydrogens is 350 g/mol. The molecule has 0 N–H and O–H groups in total. The molecule has 3 rings (SSSR count). The van der Waals surface area contributed by atoms with Gasteiger partial charge in [0.15, 0.2) is 11.5 Å². The molecule has 0 spiro atoms. The van der Waals surface area contributed by atoms with Crippen LogP contribution in [0.5, 0.6) is 0 Å². The molecule has 2 aromatic rings. The van der Waals surface area contributed by atoms with Crippen LogP contribution in [0.3, 0.4) is 0 Å². The van der Waals surface area contributed by atoms with E-state index in [0.717, 1.165) is 57.9 Å². The first-order valence-corrected chi connectivity index (χ1v) is 10.3. The molecule has 0 bridgehead atoms. The van der Waals surface area contributed by atoms with Crippen molar-refractivity contribution >= 4 is 17.4 Å². The molecule has 0 aliphatic carbocycles. The summed E-state index contributed by atoms with van der Waals surface area (Å²) in [5.41, 5.74) is 2.99. The van der Waals surface area contributed by atoms with E-state index in [1.54, 1.807) is 0 Å². The Labute approximate surface area is 168 Å². The molecule has 6 heteroatoms. The highest BCUT2D eigenvalue weighted by atomic mass is 16.2. The molecule has 1 fully saturated rings. The monoisotopic (exact) mass is 381 g/mol. The lowest BCUT2D eigenvalue weighted by molar-refractivity contribution is 0.0748. The van der Waals surface area contributed by atoms with Crippen LogP contribution in [-0.4, -0.2) is 60.3 Å². The van der Waals surface area contributed by atoms with Gasteiger partial charge in [-0.2, -0.15) is 0 Å². The fourth-order valence-electron chi connectivity index (χ4n) is 3.64. The molecule has 0 atom stereocenters. The summed E-state index contributed by atoms with van der Waals surface area (Å²) in [6, 6.07) is 12.4. The van der Waals surface area contributed by atoms with Gasteiger partial charge in [0.2, 0.25) is 0 Å². The van der Waals surface area contributed by atoms with Crippen LogP contribution in [0.15, 0.2) is 36.4 Å². The van der Waals surface area contributed by atoms with Crippen LogP contribution in [0.4, 0.5) is 11.5 Å². The van der Waals surface area contributed by atoms with Crippen molar-refractivity contribution in [2.24, 2.45) is 0 Å². The summed E-state index contributed by atoms with van der Waals surface area (Å²) >= 11 is 0. The maximum atomic E-state index is 12.6. The van der Waals surface area contributed by atoms with Gasteiger partial charge in [-0.25, -0.2) is 0 Å². The van der Waals surface area contributed by atoms with Crippen LogP contribution in [0.2, 0.25) is 0 Å². The topological polar surface area (TPSA) is 52.6 Å². The van der Waals surface area contributed by atoms with E-state index >= 15 is 0 Å². The number of hydrogen-bond acceptors (Lipinski definition) is 5. The standard InChI is InChI=1S/C22H31N5O/c1-4-11-27(12-5-2)22(28)20-9-10-21(24-23-20)26-15-13-25(14-16-26)19-8-6-7-18(3)17-19/h6-10,17H,4-5,11-16H2,1-3H3. The SMILES string of the molecule is CCCN(CCC)C(=O)c1ccc(N2CCN(c3cccc(C)c3)CC2)nn1. The van der Waals surface area contributed by atoms with Gasteiger partial charge in [-0.05, 0) is 49.6 Å². The second-order valence-corrected chi connectivity index (χ2v) is 7.38. The Balaban J connectivity index is 1.60. The predicted molar refractivity (Wildman–Crippen MR) is 114 cm³/mol. The molecule has 28 heavy (non-hydrogen) atoms. The van der Waals surface area contributed by atoms with Gasteiger partial charge in [-0.3, -0.25) is 4.79 Å². The predicted octanol–water partition coefficient (Wildman–Crippen LogP) is 3.37. The second-order valence-electron chi connectivity index (χ2n) is 7.38. The quantitative estimate of drug-likeness (QED) is 0.736. The first-order chi connectivity index (χ1) is 13.6. The summed E-state index contributed by atoms with van der Waals surface area (Å²) in [7, 11) is 0. The van der Waals surface area contributed by atoms with Crippen LogP contribution in [0, 0.1) is 6.92 Å². The van der Waals surface area contributed by atoms with Gasteiger partial charge in [-0.1, -0.05) is 26.0 Å². The van der Waals surface area contributed by atoms with E-state index < -0.39 is 0 Å². The lowest BCUT2D eigenvalue weighted by Crippen LogP contribution is -2.47. The highest BCUT2D eigenvalue weighted by Crippen LogP contribution is 2.20. The van der Waals surface area contributed by atoms with E-state index in [0.29, 0.717) is 5.69 Å². The van der Waals surface area contributed by atoms with E-state index in [9.17, 15) is 4.79 Å².